The van der Waals surface area contributed by atoms with Crippen molar-refractivity contribution in [3.63, 3.8) is 0 Å². The van der Waals surface area contributed by atoms with E-state index in [0.717, 1.165) is 5.69 Å². The number of nitrogens with one attached hydrogen (secondary N) is 1. The molecule has 7 heteroatoms. The van der Waals surface area contributed by atoms with Gasteiger partial charge in [0.05, 0.1) is 27.8 Å². The summed E-state index contributed by atoms with van der Waals surface area (Å²) < 4.78 is 1.60. The molecule has 0 saturated heterocycles. The molecule has 112 valence electrons. The second-order valence-electron chi connectivity index (χ2n) is 4.83. The summed E-state index contributed by atoms with van der Waals surface area (Å²) in [6.07, 6.45) is 0. The number of aromatic nitrogens is 2. The zero-order chi connectivity index (χ0) is 15.7. The molecule has 0 spiro atoms. The number of hydrogen-bond donors (Lipinski definition) is 2. The minimum atomic E-state index is -0.508. The van der Waals surface area contributed by atoms with Crippen molar-refractivity contribution in [2.24, 2.45) is 0 Å². The van der Waals surface area contributed by atoms with Gasteiger partial charge in [-0.05, 0) is 39.0 Å². The number of carbonyl (C=O) groups excluding carboxylic acids is 1. The smallest absolute Gasteiger partial charge is 0.249 e. The third-order valence-corrected chi connectivity index (χ3v) is 4.04. The number of nitrogen functional groups attached to an aromatic ring is 1. The number of hydrogen-bond acceptors (Lipinski definition) is 3. The van der Waals surface area contributed by atoms with E-state index < -0.39 is 6.04 Å². The van der Waals surface area contributed by atoms with Crippen molar-refractivity contribution in [1.82, 2.24) is 9.78 Å². The Hall–Kier alpha value is -1.72. The molecular formula is C14H16Cl2N4O. The first-order chi connectivity index (χ1) is 9.81. The van der Waals surface area contributed by atoms with Gasteiger partial charge in [0.1, 0.15) is 6.04 Å². The Bertz CT molecular complexity index is 697. The van der Waals surface area contributed by atoms with Crippen molar-refractivity contribution in [3.05, 3.63) is 39.6 Å². The summed E-state index contributed by atoms with van der Waals surface area (Å²) in [5, 5.41) is 8.13. The van der Waals surface area contributed by atoms with Crippen molar-refractivity contribution in [1.29, 1.82) is 0 Å². The van der Waals surface area contributed by atoms with E-state index in [1.807, 2.05) is 6.92 Å². The lowest BCUT2D eigenvalue weighted by Crippen LogP contribution is -2.25. The molecule has 3 N–H and O–H groups in total. The zero-order valence-electron chi connectivity index (χ0n) is 11.9. The fourth-order valence-corrected chi connectivity index (χ4v) is 2.32. The lowest BCUT2D eigenvalue weighted by molar-refractivity contribution is -0.119. The fraction of sp³-hybridized carbons (Fsp3) is 0.286. The molecule has 0 radical (unpaired) electrons. The molecule has 0 bridgehead atoms. The predicted octanol–water partition coefficient (Wildman–Crippen LogP) is 3.59. The average Bonchev–Trinajstić information content (AvgIpc) is 2.68. The van der Waals surface area contributed by atoms with Crippen molar-refractivity contribution in [2.75, 3.05) is 11.1 Å². The number of benzene rings is 1. The Morgan fingerprint density at radius 1 is 1.38 bits per heavy atom. The molecule has 1 amide bonds. The molecule has 1 unspecified atom stereocenters. The summed E-state index contributed by atoms with van der Waals surface area (Å²) in [5.74, 6) is -0.230. The predicted molar refractivity (Wildman–Crippen MR) is 85.9 cm³/mol. The lowest BCUT2D eigenvalue weighted by Gasteiger charge is -2.15. The Morgan fingerprint density at radius 3 is 2.57 bits per heavy atom. The molecular weight excluding hydrogens is 311 g/mol. The average molecular weight is 327 g/mol. The van der Waals surface area contributed by atoms with Gasteiger partial charge < -0.3 is 11.1 Å². The maximum atomic E-state index is 12.3. The molecule has 1 aromatic heterocycles. The van der Waals surface area contributed by atoms with Crippen molar-refractivity contribution in [3.8, 4) is 0 Å². The van der Waals surface area contributed by atoms with E-state index in [4.69, 9.17) is 28.9 Å². The van der Waals surface area contributed by atoms with Crippen LogP contribution in [0.15, 0.2) is 18.2 Å². The summed E-state index contributed by atoms with van der Waals surface area (Å²) in [6, 6.07) is 4.41. The van der Waals surface area contributed by atoms with Crippen LogP contribution in [0.1, 0.15) is 24.4 Å². The highest BCUT2D eigenvalue weighted by Gasteiger charge is 2.21. The molecule has 2 rings (SSSR count). The van der Waals surface area contributed by atoms with Crippen molar-refractivity contribution < 1.29 is 4.79 Å². The van der Waals surface area contributed by atoms with Crippen molar-refractivity contribution >= 4 is 40.5 Å². The molecule has 2 aromatic rings. The monoisotopic (exact) mass is 326 g/mol. The van der Waals surface area contributed by atoms with Gasteiger partial charge in [-0.25, -0.2) is 0 Å². The minimum absolute atomic E-state index is 0.230. The summed E-state index contributed by atoms with van der Waals surface area (Å²) >= 11 is 11.9. The van der Waals surface area contributed by atoms with E-state index in [-0.39, 0.29) is 5.91 Å². The van der Waals surface area contributed by atoms with Crippen LogP contribution in [0.5, 0.6) is 0 Å². The highest BCUT2D eigenvalue weighted by atomic mass is 35.5. The molecule has 21 heavy (non-hydrogen) atoms. The van der Waals surface area contributed by atoms with Crippen LogP contribution in [0.25, 0.3) is 0 Å². The van der Waals surface area contributed by atoms with E-state index in [1.165, 1.54) is 0 Å². The van der Waals surface area contributed by atoms with Gasteiger partial charge in [-0.3, -0.25) is 9.48 Å². The molecule has 1 heterocycles. The summed E-state index contributed by atoms with van der Waals surface area (Å²) in [7, 11) is 0. The maximum absolute atomic E-state index is 12.3. The van der Waals surface area contributed by atoms with E-state index in [9.17, 15) is 4.79 Å². The first-order valence-electron chi connectivity index (χ1n) is 6.38. The number of anilines is 2. The molecule has 1 aromatic carbocycles. The zero-order valence-corrected chi connectivity index (χ0v) is 13.5. The third kappa shape index (κ3) is 3.14. The molecule has 5 nitrogen and oxygen atoms in total. The normalized spacial score (nSPS) is 12.2. The van der Waals surface area contributed by atoms with Gasteiger partial charge in [0.25, 0.3) is 0 Å². The van der Waals surface area contributed by atoms with E-state index in [2.05, 4.69) is 10.4 Å². The summed E-state index contributed by atoms with van der Waals surface area (Å²) in [4.78, 5) is 12.3. The number of nitrogens with two attached hydrogens (primary N) is 1. The molecule has 0 fully saturated rings. The number of halogens is 2. The van der Waals surface area contributed by atoms with Gasteiger partial charge in [0.2, 0.25) is 5.91 Å². The second-order valence-corrected chi connectivity index (χ2v) is 5.64. The van der Waals surface area contributed by atoms with E-state index in [1.54, 1.807) is 36.7 Å². The van der Waals surface area contributed by atoms with Crippen LogP contribution >= 0.6 is 23.2 Å². The van der Waals surface area contributed by atoms with Crippen LogP contribution < -0.4 is 11.1 Å². The summed E-state index contributed by atoms with van der Waals surface area (Å²) in [5.41, 5.74) is 8.20. The van der Waals surface area contributed by atoms with Crippen LogP contribution in [-0.2, 0) is 4.79 Å². The van der Waals surface area contributed by atoms with Crippen molar-refractivity contribution in [2.45, 2.75) is 26.8 Å². The van der Waals surface area contributed by atoms with E-state index >= 15 is 0 Å². The van der Waals surface area contributed by atoms with Crippen LogP contribution in [0.4, 0.5) is 11.4 Å². The van der Waals surface area contributed by atoms with Gasteiger partial charge >= 0.3 is 0 Å². The number of nitrogens with zero attached hydrogens (tertiary/aromatic N) is 2. The molecule has 1 atom stereocenters. The Morgan fingerprint density at radius 2 is 2.05 bits per heavy atom. The Kier molecular flexibility index (Phi) is 4.44. The number of rotatable bonds is 3. The van der Waals surface area contributed by atoms with Gasteiger partial charge in [-0.2, -0.15) is 5.10 Å². The summed E-state index contributed by atoms with van der Waals surface area (Å²) in [6.45, 7) is 5.37. The Balaban J connectivity index is 2.21. The molecule has 0 aliphatic heterocycles. The van der Waals surface area contributed by atoms with Crippen LogP contribution in [0.2, 0.25) is 10.0 Å². The standard InChI is InChI=1S/C14H16Cl2N4O/c1-7-13(16)8(2)20(19-7)9(3)14(21)18-12-5-4-10(15)6-11(12)17/h4-6,9H,17H2,1-3H3,(H,18,21). The van der Waals surface area contributed by atoms with Gasteiger partial charge in [-0.1, -0.05) is 23.2 Å². The first-order valence-corrected chi connectivity index (χ1v) is 7.14. The lowest BCUT2D eigenvalue weighted by atomic mass is 10.2. The Labute approximate surface area is 133 Å². The molecule has 0 saturated carbocycles. The highest BCUT2D eigenvalue weighted by molar-refractivity contribution is 6.32. The van der Waals surface area contributed by atoms with E-state index in [0.29, 0.717) is 27.1 Å². The van der Waals surface area contributed by atoms with Gasteiger partial charge in [-0.15, -0.1) is 0 Å². The number of aryl methyl sites for hydroxylation is 1. The van der Waals surface area contributed by atoms with Crippen LogP contribution in [0.3, 0.4) is 0 Å². The number of amides is 1. The topological polar surface area (TPSA) is 72.9 Å². The minimum Gasteiger partial charge on any atom is -0.397 e. The first kappa shape index (κ1) is 15.7. The van der Waals surface area contributed by atoms with Gasteiger partial charge in [0.15, 0.2) is 0 Å². The highest BCUT2D eigenvalue weighted by Crippen LogP contribution is 2.25. The largest absolute Gasteiger partial charge is 0.397 e. The van der Waals surface area contributed by atoms with Gasteiger partial charge in [0, 0.05) is 5.02 Å². The van der Waals surface area contributed by atoms with Crippen LogP contribution in [0, 0.1) is 13.8 Å². The quantitative estimate of drug-likeness (QED) is 0.846. The fourth-order valence-electron chi connectivity index (χ4n) is 2.02. The number of carbonyl (C=O) groups is 1. The van der Waals surface area contributed by atoms with Crippen LogP contribution in [-0.4, -0.2) is 15.7 Å². The maximum Gasteiger partial charge on any atom is 0.249 e. The molecule has 0 aliphatic rings. The second kappa shape index (κ2) is 5.95. The third-order valence-electron chi connectivity index (χ3n) is 3.25. The molecule has 0 aliphatic carbocycles. The SMILES string of the molecule is Cc1nn(C(C)C(=O)Nc2ccc(Cl)cc2N)c(C)c1Cl.